The molecule has 2 atom stereocenters. The summed E-state index contributed by atoms with van der Waals surface area (Å²) in [5.74, 6) is -0.108. The van der Waals surface area contributed by atoms with Gasteiger partial charge >= 0.3 is 0 Å². The van der Waals surface area contributed by atoms with E-state index in [2.05, 4.69) is 39.6 Å². The van der Waals surface area contributed by atoms with Gasteiger partial charge in [-0.05, 0) is 30.5 Å². The summed E-state index contributed by atoms with van der Waals surface area (Å²) >= 11 is 1.72. The van der Waals surface area contributed by atoms with Gasteiger partial charge in [-0.3, -0.25) is 9.69 Å². The number of para-hydroxylation sites is 1. The van der Waals surface area contributed by atoms with Crippen molar-refractivity contribution in [3.63, 3.8) is 0 Å². The van der Waals surface area contributed by atoms with Crippen molar-refractivity contribution in [2.75, 3.05) is 31.1 Å². The van der Waals surface area contributed by atoms with Gasteiger partial charge < -0.3 is 10.2 Å². The van der Waals surface area contributed by atoms with Gasteiger partial charge in [-0.2, -0.15) is 0 Å². The molecule has 1 saturated heterocycles. The van der Waals surface area contributed by atoms with Crippen molar-refractivity contribution in [1.82, 2.24) is 10.2 Å². The molecule has 6 heteroatoms. The molecule has 1 fully saturated rings. The van der Waals surface area contributed by atoms with Crippen molar-refractivity contribution in [2.24, 2.45) is 5.41 Å². The lowest BCUT2D eigenvalue weighted by Gasteiger charge is -2.42. The molecule has 152 valence electrons. The second kappa shape index (κ2) is 8.62. The predicted octanol–water partition coefficient (Wildman–Crippen LogP) is 4.30. The van der Waals surface area contributed by atoms with Gasteiger partial charge in [0.1, 0.15) is 5.82 Å². The second-order valence-corrected chi connectivity index (χ2v) is 9.43. The van der Waals surface area contributed by atoms with Gasteiger partial charge in [0.05, 0.1) is 11.7 Å². The van der Waals surface area contributed by atoms with Crippen LogP contribution in [0.1, 0.15) is 38.6 Å². The number of carbonyl (C=O) groups is 1. The summed E-state index contributed by atoms with van der Waals surface area (Å²) < 4.78 is 14.1. The van der Waals surface area contributed by atoms with Crippen LogP contribution in [0.5, 0.6) is 0 Å². The van der Waals surface area contributed by atoms with E-state index in [0.29, 0.717) is 5.69 Å². The van der Waals surface area contributed by atoms with E-state index < -0.39 is 5.41 Å². The average molecular weight is 404 g/mol. The Labute approximate surface area is 171 Å². The highest BCUT2D eigenvalue weighted by atomic mass is 32.1. The fourth-order valence-electron chi connectivity index (χ4n) is 3.65. The van der Waals surface area contributed by atoms with E-state index in [1.807, 2.05) is 32.9 Å². The maximum absolute atomic E-state index is 14.1. The van der Waals surface area contributed by atoms with Gasteiger partial charge in [0.25, 0.3) is 0 Å². The summed E-state index contributed by atoms with van der Waals surface area (Å²) in [5, 5.41) is 5.29. The number of hydrogen-bond acceptors (Lipinski definition) is 4. The van der Waals surface area contributed by atoms with Crippen LogP contribution in [0.4, 0.5) is 10.1 Å². The molecule has 0 unspecified atom stereocenters. The lowest BCUT2D eigenvalue weighted by atomic mass is 9.94. The molecule has 2 aromatic rings. The summed E-state index contributed by atoms with van der Waals surface area (Å²) in [4.78, 5) is 18.3. The van der Waals surface area contributed by atoms with E-state index in [1.165, 1.54) is 10.9 Å². The Hall–Kier alpha value is -1.92. The standard InChI is InChI=1S/C22H30FN3OS/c1-16(24-21(27)22(2,3)4)20(19-10-7-15-28-19)26-13-11-25(12-14-26)18-9-6-5-8-17(18)23/h5-10,15-16,20H,11-14H2,1-4H3,(H,24,27)/t16-,20-/m0/s1. The predicted molar refractivity (Wildman–Crippen MR) is 114 cm³/mol. The van der Waals surface area contributed by atoms with Crippen LogP contribution in [0.3, 0.4) is 0 Å². The first-order valence-corrected chi connectivity index (χ1v) is 10.7. The minimum absolute atomic E-state index is 0.00890. The van der Waals surface area contributed by atoms with Gasteiger partial charge in [-0.1, -0.05) is 39.0 Å². The first-order chi connectivity index (χ1) is 13.3. The van der Waals surface area contributed by atoms with Gasteiger partial charge in [0.2, 0.25) is 5.91 Å². The molecule has 1 aromatic heterocycles. The number of amides is 1. The third-order valence-electron chi connectivity index (χ3n) is 5.25. The number of rotatable bonds is 5. The van der Waals surface area contributed by atoms with E-state index >= 15 is 0 Å². The number of nitrogens with one attached hydrogen (secondary N) is 1. The lowest BCUT2D eigenvalue weighted by Crippen LogP contribution is -2.53. The number of piperazine rings is 1. The van der Waals surface area contributed by atoms with Gasteiger partial charge in [-0.15, -0.1) is 11.3 Å². The van der Waals surface area contributed by atoms with E-state index in [0.717, 1.165) is 26.2 Å². The molecule has 0 bridgehead atoms. The second-order valence-electron chi connectivity index (χ2n) is 8.45. The maximum atomic E-state index is 14.1. The topological polar surface area (TPSA) is 35.6 Å². The molecule has 1 aliphatic heterocycles. The minimum atomic E-state index is -0.419. The molecule has 2 heterocycles. The van der Waals surface area contributed by atoms with Crippen molar-refractivity contribution in [1.29, 1.82) is 0 Å². The van der Waals surface area contributed by atoms with Crippen molar-refractivity contribution >= 4 is 22.9 Å². The Morgan fingerprint density at radius 1 is 1.11 bits per heavy atom. The maximum Gasteiger partial charge on any atom is 0.225 e. The first-order valence-electron chi connectivity index (χ1n) is 9.85. The van der Waals surface area contributed by atoms with Crippen LogP contribution in [-0.2, 0) is 4.79 Å². The normalized spacial score (nSPS) is 18.0. The number of carbonyl (C=O) groups excluding carboxylic acids is 1. The molecule has 1 amide bonds. The molecule has 28 heavy (non-hydrogen) atoms. The summed E-state index contributed by atoms with van der Waals surface area (Å²) in [6.07, 6.45) is 0. The quantitative estimate of drug-likeness (QED) is 0.808. The van der Waals surface area contributed by atoms with Crippen molar-refractivity contribution in [3.05, 3.63) is 52.5 Å². The summed E-state index contributed by atoms with van der Waals surface area (Å²) in [7, 11) is 0. The molecule has 0 saturated carbocycles. The highest BCUT2D eigenvalue weighted by Gasteiger charge is 2.33. The van der Waals surface area contributed by atoms with E-state index in [9.17, 15) is 9.18 Å². The van der Waals surface area contributed by atoms with Crippen molar-refractivity contribution in [2.45, 2.75) is 39.8 Å². The van der Waals surface area contributed by atoms with Crippen LogP contribution in [0, 0.1) is 11.2 Å². The number of benzene rings is 1. The third kappa shape index (κ3) is 4.73. The van der Waals surface area contributed by atoms with Crippen LogP contribution >= 0.6 is 11.3 Å². The van der Waals surface area contributed by atoms with Crippen molar-refractivity contribution < 1.29 is 9.18 Å². The largest absolute Gasteiger partial charge is 0.367 e. The summed E-state index contributed by atoms with van der Waals surface area (Å²) in [6.45, 7) is 11.1. The molecule has 1 aliphatic rings. The number of halogens is 1. The Morgan fingerprint density at radius 2 is 1.79 bits per heavy atom. The molecule has 1 aromatic carbocycles. The van der Waals surface area contributed by atoms with Crippen LogP contribution in [0.2, 0.25) is 0 Å². The van der Waals surface area contributed by atoms with Gasteiger partial charge in [0, 0.05) is 42.5 Å². The van der Waals surface area contributed by atoms with Crippen LogP contribution < -0.4 is 10.2 Å². The fourth-order valence-corrected chi connectivity index (χ4v) is 4.62. The molecule has 0 aliphatic carbocycles. The third-order valence-corrected chi connectivity index (χ3v) is 6.19. The fraction of sp³-hybridized carbons (Fsp3) is 0.500. The van der Waals surface area contributed by atoms with E-state index in [4.69, 9.17) is 0 Å². The Kier molecular flexibility index (Phi) is 6.40. The molecule has 0 spiro atoms. The summed E-state index contributed by atoms with van der Waals surface area (Å²) in [6, 6.07) is 11.3. The molecule has 1 N–H and O–H groups in total. The number of hydrogen-bond donors (Lipinski definition) is 1. The molecule has 4 nitrogen and oxygen atoms in total. The molecular formula is C22H30FN3OS. The SMILES string of the molecule is C[C@H](NC(=O)C(C)(C)C)[C@@H](c1cccs1)N1CCN(c2ccccc2F)CC1. The zero-order valence-corrected chi connectivity index (χ0v) is 17.9. The minimum Gasteiger partial charge on any atom is -0.367 e. The molecule has 0 radical (unpaired) electrons. The summed E-state index contributed by atoms with van der Waals surface area (Å²) in [5.41, 5.74) is 0.251. The van der Waals surface area contributed by atoms with Crippen LogP contribution in [0.15, 0.2) is 41.8 Å². The Balaban J connectivity index is 1.72. The number of nitrogens with zero attached hydrogens (tertiary/aromatic N) is 2. The van der Waals surface area contributed by atoms with Crippen LogP contribution in [0.25, 0.3) is 0 Å². The Bertz CT molecular complexity index is 779. The van der Waals surface area contributed by atoms with E-state index in [-0.39, 0.29) is 23.8 Å². The monoisotopic (exact) mass is 403 g/mol. The number of anilines is 1. The van der Waals surface area contributed by atoms with E-state index in [1.54, 1.807) is 17.4 Å². The highest BCUT2D eigenvalue weighted by Crippen LogP contribution is 2.31. The van der Waals surface area contributed by atoms with Gasteiger partial charge in [0.15, 0.2) is 0 Å². The zero-order valence-electron chi connectivity index (χ0n) is 17.1. The van der Waals surface area contributed by atoms with Gasteiger partial charge in [-0.25, -0.2) is 4.39 Å². The highest BCUT2D eigenvalue weighted by molar-refractivity contribution is 7.10. The first kappa shape index (κ1) is 20.8. The lowest BCUT2D eigenvalue weighted by molar-refractivity contribution is -0.129. The van der Waals surface area contributed by atoms with Crippen molar-refractivity contribution in [3.8, 4) is 0 Å². The average Bonchev–Trinajstić information content (AvgIpc) is 3.16. The number of thiophene rings is 1. The molecule has 3 rings (SSSR count). The smallest absolute Gasteiger partial charge is 0.225 e. The molecular weight excluding hydrogens is 373 g/mol. The van der Waals surface area contributed by atoms with Crippen LogP contribution in [-0.4, -0.2) is 43.0 Å². The Morgan fingerprint density at radius 3 is 2.36 bits per heavy atom. The zero-order chi connectivity index (χ0) is 20.3.